The van der Waals surface area contributed by atoms with E-state index in [-0.39, 0.29) is 0 Å². The maximum atomic E-state index is 6.77. The number of nitrogens with zero attached hydrogens (tertiary/aromatic N) is 2. The zero-order valence-corrected chi connectivity index (χ0v) is 8.22. The molecule has 0 spiro atoms. The molecular formula is C12H11N3. The summed E-state index contributed by atoms with van der Waals surface area (Å²) in [5.41, 5.74) is 9.87. The lowest BCUT2D eigenvalue weighted by Crippen LogP contribution is -1.84. The number of hydrogen-bond donors (Lipinski definition) is 1. The smallest absolute Gasteiger partial charge is 0.0846 e. The Hall–Kier alpha value is -2.03. The van der Waals surface area contributed by atoms with Gasteiger partial charge in [0.2, 0.25) is 0 Å². The molecule has 0 saturated heterocycles. The molecule has 0 aliphatic rings. The van der Waals surface area contributed by atoms with Gasteiger partial charge < -0.3 is 0 Å². The van der Waals surface area contributed by atoms with Gasteiger partial charge in [0.15, 0.2) is 0 Å². The van der Waals surface area contributed by atoms with E-state index in [9.17, 15) is 0 Å². The first kappa shape index (κ1) is 9.52. The summed E-state index contributed by atoms with van der Waals surface area (Å²) in [6.07, 6.45) is 1.78. The Morgan fingerprint density at radius 2 is 1.87 bits per heavy atom. The van der Waals surface area contributed by atoms with Gasteiger partial charge in [-0.25, -0.2) is 5.53 Å². The molecule has 0 bridgehead atoms. The van der Waals surface area contributed by atoms with Crippen LogP contribution in [0.1, 0.15) is 5.56 Å². The van der Waals surface area contributed by atoms with E-state index < -0.39 is 0 Å². The molecule has 0 radical (unpaired) electrons. The molecule has 3 heteroatoms. The van der Waals surface area contributed by atoms with Crippen molar-refractivity contribution in [2.45, 2.75) is 6.54 Å². The van der Waals surface area contributed by atoms with E-state index in [1.807, 2.05) is 42.5 Å². The highest BCUT2D eigenvalue weighted by atomic mass is 14.9. The van der Waals surface area contributed by atoms with E-state index >= 15 is 0 Å². The summed E-state index contributed by atoms with van der Waals surface area (Å²) in [4.78, 5) is 4.26. The third-order valence-electron chi connectivity index (χ3n) is 2.18. The molecule has 1 aromatic heterocycles. The van der Waals surface area contributed by atoms with Gasteiger partial charge in [-0.1, -0.05) is 30.3 Å². The van der Waals surface area contributed by atoms with Gasteiger partial charge in [-0.3, -0.25) is 4.98 Å². The molecule has 0 fully saturated rings. The van der Waals surface area contributed by atoms with E-state index in [0.29, 0.717) is 6.54 Å². The first-order valence-corrected chi connectivity index (χ1v) is 4.74. The van der Waals surface area contributed by atoms with Gasteiger partial charge >= 0.3 is 0 Å². The molecule has 0 aliphatic heterocycles. The summed E-state index contributed by atoms with van der Waals surface area (Å²) in [6, 6.07) is 13.8. The predicted molar refractivity (Wildman–Crippen MR) is 58.5 cm³/mol. The van der Waals surface area contributed by atoms with E-state index in [0.717, 1.165) is 16.8 Å². The van der Waals surface area contributed by atoms with Crippen LogP contribution < -0.4 is 0 Å². The predicted octanol–water partition coefficient (Wildman–Crippen LogP) is 3.28. The molecule has 3 nitrogen and oxygen atoms in total. The zero-order valence-electron chi connectivity index (χ0n) is 8.22. The Bertz CT molecular complexity index is 434. The van der Waals surface area contributed by atoms with Crippen molar-refractivity contribution in [3.05, 3.63) is 54.2 Å². The van der Waals surface area contributed by atoms with Crippen molar-refractivity contribution >= 4 is 0 Å². The number of hydrogen-bond acceptors (Lipinski definition) is 3. The molecule has 0 aliphatic carbocycles. The van der Waals surface area contributed by atoms with Crippen LogP contribution in [0.15, 0.2) is 53.8 Å². The second-order valence-electron chi connectivity index (χ2n) is 3.23. The number of benzene rings is 1. The maximum Gasteiger partial charge on any atom is 0.0846 e. The largest absolute Gasteiger partial charge is 0.256 e. The standard InChI is InChI=1S/C12H11N3/c13-15-9-10-4-6-11(7-5-10)12-3-1-2-8-14-12/h1-8,13H,9H2. The van der Waals surface area contributed by atoms with Crippen LogP contribution in [-0.4, -0.2) is 4.98 Å². The van der Waals surface area contributed by atoms with E-state index in [4.69, 9.17) is 5.53 Å². The van der Waals surface area contributed by atoms with Crippen molar-refractivity contribution in [3.63, 3.8) is 0 Å². The summed E-state index contributed by atoms with van der Waals surface area (Å²) in [7, 11) is 0. The zero-order chi connectivity index (χ0) is 10.5. The van der Waals surface area contributed by atoms with Crippen LogP contribution in [0.5, 0.6) is 0 Å². The molecule has 1 N–H and O–H groups in total. The average Bonchev–Trinajstić information content (AvgIpc) is 2.32. The molecule has 2 rings (SSSR count). The lowest BCUT2D eigenvalue weighted by atomic mass is 10.1. The number of nitrogens with one attached hydrogen (secondary N) is 1. The Morgan fingerprint density at radius 1 is 1.07 bits per heavy atom. The van der Waals surface area contributed by atoms with Crippen LogP contribution in [0.25, 0.3) is 11.3 Å². The second kappa shape index (κ2) is 4.46. The Labute approximate surface area is 88.3 Å². The molecule has 2 aromatic rings. The molecule has 1 heterocycles. The normalized spacial score (nSPS) is 9.87. The monoisotopic (exact) mass is 197 g/mol. The first-order chi connectivity index (χ1) is 7.40. The number of rotatable bonds is 3. The first-order valence-electron chi connectivity index (χ1n) is 4.74. The third-order valence-corrected chi connectivity index (χ3v) is 2.18. The van der Waals surface area contributed by atoms with Crippen LogP contribution in [0, 0.1) is 5.53 Å². The van der Waals surface area contributed by atoms with Crippen LogP contribution in [0.2, 0.25) is 0 Å². The summed E-state index contributed by atoms with van der Waals surface area (Å²) < 4.78 is 0. The fourth-order valence-corrected chi connectivity index (χ4v) is 1.41. The fraction of sp³-hybridized carbons (Fsp3) is 0.0833. The third kappa shape index (κ3) is 2.26. The summed E-state index contributed by atoms with van der Waals surface area (Å²) >= 11 is 0. The topological polar surface area (TPSA) is 49.1 Å². The van der Waals surface area contributed by atoms with Crippen molar-refractivity contribution in [3.8, 4) is 11.3 Å². The fourth-order valence-electron chi connectivity index (χ4n) is 1.41. The second-order valence-corrected chi connectivity index (χ2v) is 3.23. The molecule has 0 atom stereocenters. The molecule has 0 unspecified atom stereocenters. The van der Waals surface area contributed by atoms with Gasteiger partial charge in [0.1, 0.15) is 0 Å². The molecule has 74 valence electrons. The van der Waals surface area contributed by atoms with E-state index in [1.165, 1.54) is 0 Å². The maximum absolute atomic E-state index is 6.77. The van der Waals surface area contributed by atoms with Crippen LogP contribution in [0.3, 0.4) is 0 Å². The Morgan fingerprint density at radius 3 is 2.47 bits per heavy atom. The van der Waals surface area contributed by atoms with Crippen molar-refractivity contribution in [1.82, 2.24) is 4.98 Å². The van der Waals surface area contributed by atoms with Crippen molar-refractivity contribution in [1.29, 1.82) is 5.53 Å². The Kier molecular flexibility index (Phi) is 2.83. The van der Waals surface area contributed by atoms with Crippen LogP contribution in [0.4, 0.5) is 0 Å². The summed E-state index contributed by atoms with van der Waals surface area (Å²) in [5.74, 6) is 0. The summed E-state index contributed by atoms with van der Waals surface area (Å²) in [6.45, 7) is 0.447. The lowest BCUT2D eigenvalue weighted by molar-refractivity contribution is 0.908. The molecule has 15 heavy (non-hydrogen) atoms. The van der Waals surface area contributed by atoms with E-state index in [1.54, 1.807) is 6.20 Å². The van der Waals surface area contributed by atoms with Gasteiger partial charge in [0.05, 0.1) is 12.2 Å². The number of aromatic nitrogens is 1. The van der Waals surface area contributed by atoms with Crippen LogP contribution in [-0.2, 0) is 6.54 Å². The van der Waals surface area contributed by atoms with Gasteiger partial charge in [-0.2, -0.15) is 5.11 Å². The minimum atomic E-state index is 0.447. The molecular weight excluding hydrogens is 186 g/mol. The van der Waals surface area contributed by atoms with Gasteiger partial charge in [-0.05, 0) is 17.7 Å². The minimum Gasteiger partial charge on any atom is -0.256 e. The molecule has 0 amide bonds. The summed E-state index contributed by atoms with van der Waals surface area (Å²) in [5, 5.41) is 3.34. The van der Waals surface area contributed by atoms with Gasteiger partial charge in [-0.15, -0.1) is 0 Å². The number of pyridine rings is 1. The minimum absolute atomic E-state index is 0.447. The lowest BCUT2D eigenvalue weighted by Gasteiger charge is -2.01. The van der Waals surface area contributed by atoms with Gasteiger partial charge in [0, 0.05) is 11.8 Å². The van der Waals surface area contributed by atoms with Crippen molar-refractivity contribution in [2.24, 2.45) is 5.11 Å². The van der Waals surface area contributed by atoms with Crippen LogP contribution >= 0.6 is 0 Å². The molecule has 0 saturated carbocycles. The highest BCUT2D eigenvalue weighted by Crippen LogP contribution is 2.16. The SMILES string of the molecule is N=NCc1ccc(-c2ccccn2)cc1. The highest BCUT2D eigenvalue weighted by molar-refractivity contribution is 5.58. The van der Waals surface area contributed by atoms with E-state index in [2.05, 4.69) is 10.1 Å². The average molecular weight is 197 g/mol. The highest BCUT2D eigenvalue weighted by Gasteiger charge is 1.97. The van der Waals surface area contributed by atoms with Crippen molar-refractivity contribution < 1.29 is 0 Å². The molecule has 1 aromatic carbocycles. The van der Waals surface area contributed by atoms with Gasteiger partial charge in [0.25, 0.3) is 0 Å². The van der Waals surface area contributed by atoms with Crippen molar-refractivity contribution in [2.75, 3.05) is 0 Å². The Balaban J connectivity index is 2.28. The quantitative estimate of drug-likeness (QED) is 0.754.